The zero-order valence-electron chi connectivity index (χ0n) is 10.9. The summed E-state index contributed by atoms with van der Waals surface area (Å²) in [6, 6.07) is 6.62. The number of ether oxygens (including phenoxy) is 1. The quantitative estimate of drug-likeness (QED) is 0.619. The molecule has 104 valence electrons. The fraction of sp³-hybridized carbons (Fsp3) is 0.500. The lowest BCUT2D eigenvalue weighted by Crippen LogP contribution is -2.16. The molecule has 19 heavy (non-hydrogen) atoms. The van der Waals surface area contributed by atoms with Crippen molar-refractivity contribution in [3.05, 3.63) is 28.8 Å². The SMILES string of the molecule is COC(=O)CCSc1c(Cl)cccc1CNC1CC1. The molecule has 1 aromatic rings. The highest BCUT2D eigenvalue weighted by atomic mass is 35.5. The standard InChI is InChI=1S/C14H18ClNO2S/c1-18-13(17)7-8-19-14-10(3-2-4-12(14)15)9-16-11-5-6-11/h2-4,11,16H,5-9H2,1H3. The first kappa shape index (κ1) is 14.7. The number of benzene rings is 1. The summed E-state index contributed by atoms with van der Waals surface area (Å²) in [7, 11) is 1.41. The average Bonchev–Trinajstić information content (AvgIpc) is 3.22. The Labute approximate surface area is 123 Å². The molecular formula is C14H18ClNO2S. The van der Waals surface area contributed by atoms with Crippen LogP contribution in [0.25, 0.3) is 0 Å². The third kappa shape index (κ3) is 4.71. The Balaban J connectivity index is 1.93. The Morgan fingerprint density at radius 1 is 1.53 bits per heavy atom. The van der Waals surface area contributed by atoms with E-state index in [0.29, 0.717) is 18.2 Å². The van der Waals surface area contributed by atoms with Crippen molar-refractivity contribution in [1.82, 2.24) is 5.32 Å². The van der Waals surface area contributed by atoms with Gasteiger partial charge in [0.05, 0.1) is 18.6 Å². The number of nitrogens with one attached hydrogen (secondary N) is 1. The maximum atomic E-state index is 11.1. The smallest absolute Gasteiger partial charge is 0.306 e. The molecule has 0 amide bonds. The van der Waals surface area contributed by atoms with Crippen LogP contribution in [0, 0.1) is 0 Å². The van der Waals surface area contributed by atoms with Gasteiger partial charge in [-0.3, -0.25) is 4.79 Å². The van der Waals surface area contributed by atoms with Gasteiger partial charge in [-0.1, -0.05) is 23.7 Å². The minimum Gasteiger partial charge on any atom is -0.469 e. The van der Waals surface area contributed by atoms with Crippen molar-refractivity contribution in [2.75, 3.05) is 12.9 Å². The summed E-state index contributed by atoms with van der Waals surface area (Å²) in [5, 5.41) is 4.24. The van der Waals surface area contributed by atoms with Crippen LogP contribution >= 0.6 is 23.4 Å². The number of carbonyl (C=O) groups excluding carboxylic acids is 1. The minimum atomic E-state index is -0.183. The number of methoxy groups -OCH3 is 1. The molecule has 0 aliphatic heterocycles. The molecule has 0 spiro atoms. The Morgan fingerprint density at radius 2 is 2.32 bits per heavy atom. The number of carbonyl (C=O) groups is 1. The van der Waals surface area contributed by atoms with Gasteiger partial charge >= 0.3 is 5.97 Å². The number of rotatable bonds is 7. The van der Waals surface area contributed by atoms with Gasteiger partial charge in [-0.05, 0) is 24.5 Å². The molecule has 0 bridgehead atoms. The van der Waals surface area contributed by atoms with Gasteiger partial charge in [-0.25, -0.2) is 0 Å². The molecule has 1 saturated carbocycles. The fourth-order valence-corrected chi connectivity index (χ4v) is 3.10. The molecule has 0 unspecified atom stereocenters. The largest absolute Gasteiger partial charge is 0.469 e. The molecule has 1 N–H and O–H groups in total. The van der Waals surface area contributed by atoms with Crippen LogP contribution in [-0.2, 0) is 16.1 Å². The lowest BCUT2D eigenvalue weighted by molar-refractivity contribution is -0.140. The van der Waals surface area contributed by atoms with E-state index in [1.54, 1.807) is 11.8 Å². The number of esters is 1. The topological polar surface area (TPSA) is 38.3 Å². The van der Waals surface area contributed by atoms with Gasteiger partial charge in [0.2, 0.25) is 0 Å². The van der Waals surface area contributed by atoms with Crippen LogP contribution in [0.3, 0.4) is 0 Å². The van der Waals surface area contributed by atoms with E-state index in [9.17, 15) is 4.79 Å². The monoisotopic (exact) mass is 299 g/mol. The summed E-state index contributed by atoms with van der Waals surface area (Å²) in [6.45, 7) is 0.839. The van der Waals surface area contributed by atoms with E-state index in [-0.39, 0.29) is 5.97 Å². The normalized spacial score (nSPS) is 14.4. The number of hydrogen-bond acceptors (Lipinski definition) is 4. The molecule has 0 heterocycles. The third-order valence-electron chi connectivity index (χ3n) is 2.99. The van der Waals surface area contributed by atoms with Gasteiger partial charge in [-0.15, -0.1) is 11.8 Å². The molecule has 1 aliphatic carbocycles. The Bertz CT molecular complexity index is 449. The van der Waals surface area contributed by atoms with Crippen LogP contribution in [0.15, 0.2) is 23.1 Å². The van der Waals surface area contributed by atoms with Gasteiger partial charge in [0.1, 0.15) is 0 Å². The Morgan fingerprint density at radius 3 is 3.00 bits per heavy atom. The van der Waals surface area contributed by atoms with Crippen molar-refractivity contribution >= 4 is 29.3 Å². The first-order valence-corrected chi connectivity index (χ1v) is 7.77. The van der Waals surface area contributed by atoms with E-state index in [2.05, 4.69) is 16.1 Å². The highest BCUT2D eigenvalue weighted by Gasteiger charge is 2.20. The van der Waals surface area contributed by atoms with Crippen molar-refractivity contribution in [2.24, 2.45) is 0 Å². The van der Waals surface area contributed by atoms with E-state index in [4.69, 9.17) is 11.6 Å². The van der Waals surface area contributed by atoms with Gasteiger partial charge < -0.3 is 10.1 Å². The van der Waals surface area contributed by atoms with Crippen molar-refractivity contribution < 1.29 is 9.53 Å². The molecule has 0 saturated heterocycles. The van der Waals surface area contributed by atoms with Gasteiger partial charge in [0.25, 0.3) is 0 Å². The second-order valence-electron chi connectivity index (χ2n) is 4.56. The molecule has 0 radical (unpaired) electrons. The van der Waals surface area contributed by atoms with E-state index < -0.39 is 0 Å². The summed E-state index contributed by atoms with van der Waals surface area (Å²) < 4.78 is 4.64. The average molecular weight is 300 g/mol. The molecule has 3 nitrogen and oxygen atoms in total. The lowest BCUT2D eigenvalue weighted by Gasteiger charge is -2.11. The van der Waals surface area contributed by atoms with Crippen molar-refractivity contribution in [1.29, 1.82) is 0 Å². The zero-order chi connectivity index (χ0) is 13.7. The molecule has 1 aliphatic rings. The molecule has 1 aromatic carbocycles. The highest BCUT2D eigenvalue weighted by molar-refractivity contribution is 7.99. The molecule has 0 aromatic heterocycles. The predicted octanol–water partition coefficient (Wildman–Crippen LogP) is 3.25. The van der Waals surface area contributed by atoms with Crippen LogP contribution in [0.1, 0.15) is 24.8 Å². The summed E-state index contributed by atoms with van der Waals surface area (Å²) >= 11 is 7.86. The summed E-state index contributed by atoms with van der Waals surface area (Å²) in [4.78, 5) is 12.2. The lowest BCUT2D eigenvalue weighted by atomic mass is 10.2. The third-order valence-corrected chi connectivity index (χ3v) is 4.59. The van der Waals surface area contributed by atoms with E-state index in [1.165, 1.54) is 25.5 Å². The van der Waals surface area contributed by atoms with Crippen LogP contribution in [0.5, 0.6) is 0 Å². The van der Waals surface area contributed by atoms with E-state index in [1.807, 2.05) is 12.1 Å². The van der Waals surface area contributed by atoms with E-state index in [0.717, 1.165) is 16.5 Å². The Kier molecular flexibility index (Phi) is 5.55. The van der Waals surface area contributed by atoms with Crippen molar-refractivity contribution in [3.8, 4) is 0 Å². The summed E-state index contributed by atoms with van der Waals surface area (Å²) in [6.07, 6.45) is 2.94. The summed E-state index contributed by atoms with van der Waals surface area (Å²) in [5.41, 5.74) is 1.20. The number of thioether (sulfide) groups is 1. The van der Waals surface area contributed by atoms with E-state index >= 15 is 0 Å². The molecule has 1 fully saturated rings. The maximum Gasteiger partial charge on any atom is 0.306 e. The van der Waals surface area contributed by atoms with Crippen molar-refractivity contribution in [2.45, 2.75) is 36.7 Å². The van der Waals surface area contributed by atoms with Crippen LogP contribution in [0.4, 0.5) is 0 Å². The van der Waals surface area contributed by atoms with Gasteiger partial charge in [0, 0.05) is 23.2 Å². The molecule has 2 rings (SSSR count). The molecule has 5 heteroatoms. The van der Waals surface area contributed by atoms with Crippen LogP contribution < -0.4 is 5.32 Å². The van der Waals surface area contributed by atoms with Crippen LogP contribution in [0.2, 0.25) is 5.02 Å². The highest BCUT2D eigenvalue weighted by Crippen LogP contribution is 2.32. The zero-order valence-corrected chi connectivity index (χ0v) is 12.5. The first-order chi connectivity index (χ1) is 9.20. The maximum absolute atomic E-state index is 11.1. The van der Waals surface area contributed by atoms with Crippen LogP contribution in [-0.4, -0.2) is 24.9 Å². The fourth-order valence-electron chi connectivity index (χ4n) is 1.73. The second kappa shape index (κ2) is 7.17. The van der Waals surface area contributed by atoms with Gasteiger partial charge in [0.15, 0.2) is 0 Å². The minimum absolute atomic E-state index is 0.183. The number of hydrogen-bond donors (Lipinski definition) is 1. The number of halogens is 1. The Hall–Kier alpha value is -0.710. The first-order valence-electron chi connectivity index (χ1n) is 6.41. The van der Waals surface area contributed by atoms with Crippen molar-refractivity contribution in [3.63, 3.8) is 0 Å². The molecular weight excluding hydrogens is 282 g/mol. The molecule has 0 atom stereocenters. The second-order valence-corrected chi connectivity index (χ2v) is 6.07. The predicted molar refractivity (Wildman–Crippen MR) is 78.7 cm³/mol. The van der Waals surface area contributed by atoms with Gasteiger partial charge in [-0.2, -0.15) is 0 Å². The summed E-state index contributed by atoms with van der Waals surface area (Å²) in [5.74, 6) is 0.504.